The summed E-state index contributed by atoms with van der Waals surface area (Å²) in [7, 11) is 0. The highest BCUT2D eigenvalue weighted by molar-refractivity contribution is 7.20. The van der Waals surface area contributed by atoms with Crippen LogP contribution in [-0.4, -0.2) is 53.5 Å². The van der Waals surface area contributed by atoms with Gasteiger partial charge in [-0.05, 0) is 45.3 Å². The summed E-state index contributed by atoms with van der Waals surface area (Å²) < 4.78 is 0. The van der Waals surface area contributed by atoms with Crippen molar-refractivity contribution < 1.29 is 4.79 Å². The molecule has 0 spiro atoms. The third-order valence-electron chi connectivity index (χ3n) is 4.44. The zero-order chi connectivity index (χ0) is 16.9. The third kappa shape index (κ3) is 3.67. The van der Waals surface area contributed by atoms with E-state index in [1.807, 2.05) is 13.8 Å². The molecule has 0 aliphatic carbocycles. The van der Waals surface area contributed by atoms with E-state index in [-0.39, 0.29) is 5.91 Å². The highest BCUT2D eigenvalue weighted by Gasteiger charge is 2.19. The molecule has 0 unspecified atom stereocenters. The van der Waals surface area contributed by atoms with Crippen LogP contribution in [0.1, 0.15) is 41.4 Å². The Labute approximate surface area is 146 Å². The average molecular weight is 347 g/mol. The predicted molar refractivity (Wildman–Crippen MR) is 98.9 cm³/mol. The Bertz CT molecular complexity index is 708. The summed E-state index contributed by atoms with van der Waals surface area (Å²) in [5.74, 6) is 0.804. The number of likely N-dealkylation sites (tertiary alicyclic amines) is 1. The number of amides is 1. The maximum atomic E-state index is 12.2. The largest absolute Gasteiger partial charge is 0.368 e. The second kappa shape index (κ2) is 7.90. The molecule has 0 radical (unpaired) electrons. The maximum absolute atomic E-state index is 12.2. The normalized spacial score (nSPS) is 15.6. The molecule has 6 nitrogen and oxygen atoms in total. The van der Waals surface area contributed by atoms with Gasteiger partial charge in [0.1, 0.15) is 17.0 Å². The smallest absolute Gasteiger partial charge is 0.261 e. The van der Waals surface area contributed by atoms with Crippen molar-refractivity contribution >= 4 is 33.3 Å². The SMILES string of the molecule is CCNC(=O)c1sc2ncnc(NCCN3CCCCC3)c2c1C. The molecule has 0 aromatic carbocycles. The van der Waals surface area contributed by atoms with Gasteiger partial charge in [-0.2, -0.15) is 0 Å². The van der Waals surface area contributed by atoms with Crippen LogP contribution in [0.4, 0.5) is 5.82 Å². The second-order valence-electron chi connectivity index (χ2n) is 6.15. The molecule has 1 amide bonds. The molecule has 2 N–H and O–H groups in total. The van der Waals surface area contributed by atoms with Crippen molar-refractivity contribution in [2.45, 2.75) is 33.1 Å². The highest BCUT2D eigenvalue weighted by Crippen LogP contribution is 2.33. The fourth-order valence-corrected chi connectivity index (χ4v) is 4.24. The van der Waals surface area contributed by atoms with Gasteiger partial charge >= 0.3 is 0 Å². The van der Waals surface area contributed by atoms with Crippen LogP contribution >= 0.6 is 11.3 Å². The van der Waals surface area contributed by atoms with Crippen molar-refractivity contribution in [3.05, 3.63) is 16.8 Å². The van der Waals surface area contributed by atoms with Gasteiger partial charge < -0.3 is 15.5 Å². The number of nitrogens with one attached hydrogen (secondary N) is 2. The number of piperidine rings is 1. The standard InChI is InChI=1S/C17H25N5OS/c1-3-18-16(23)14-12(2)13-15(20-11-21-17(13)24-14)19-7-10-22-8-5-4-6-9-22/h11H,3-10H2,1-2H3,(H,18,23)(H,19,20,21). The first-order chi connectivity index (χ1) is 11.7. The molecule has 7 heteroatoms. The lowest BCUT2D eigenvalue weighted by molar-refractivity contribution is 0.0959. The van der Waals surface area contributed by atoms with Crippen LogP contribution in [0.25, 0.3) is 10.2 Å². The van der Waals surface area contributed by atoms with Gasteiger partial charge in [0, 0.05) is 19.6 Å². The van der Waals surface area contributed by atoms with E-state index in [0.29, 0.717) is 6.54 Å². The minimum Gasteiger partial charge on any atom is -0.368 e. The number of carbonyl (C=O) groups is 1. The van der Waals surface area contributed by atoms with Crippen LogP contribution in [0, 0.1) is 6.92 Å². The molecule has 3 rings (SSSR count). The van der Waals surface area contributed by atoms with Crippen LogP contribution in [-0.2, 0) is 0 Å². The Kier molecular flexibility index (Phi) is 5.63. The average Bonchev–Trinajstić information content (AvgIpc) is 2.94. The van der Waals surface area contributed by atoms with Gasteiger partial charge in [0.2, 0.25) is 0 Å². The molecule has 1 aliphatic rings. The number of anilines is 1. The molecule has 0 saturated carbocycles. The number of rotatable bonds is 6. The second-order valence-corrected chi connectivity index (χ2v) is 7.15. The highest BCUT2D eigenvalue weighted by atomic mass is 32.1. The molecule has 1 fully saturated rings. The number of aromatic nitrogens is 2. The van der Waals surface area contributed by atoms with E-state index in [0.717, 1.165) is 39.6 Å². The van der Waals surface area contributed by atoms with E-state index in [9.17, 15) is 4.79 Å². The fourth-order valence-electron chi connectivity index (χ4n) is 3.18. The van der Waals surface area contributed by atoms with E-state index in [1.54, 1.807) is 6.33 Å². The Balaban J connectivity index is 1.74. The Morgan fingerprint density at radius 3 is 2.83 bits per heavy atom. The number of hydrogen-bond acceptors (Lipinski definition) is 6. The monoisotopic (exact) mass is 347 g/mol. The lowest BCUT2D eigenvalue weighted by atomic mass is 10.1. The summed E-state index contributed by atoms with van der Waals surface area (Å²) in [5.41, 5.74) is 0.960. The molecule has 24 heavy (non-hydrogen) atoms. The molecular weight excluding hydrogens is 322 g/mol. The van der Waals surface area contributed by atoms with Gasteiger partial charge in [-0.1, -0.05) is 6.42 Å². The summed E-state index contributed by atoms with van der Waals surface area (Å²) in [6, 6.07) is 0. The number of fused-ring (bicyclic) bond motifs is 1. The third-order valence-corrected chi connectivity index (χ3v) is 5.64. The van der Waals surface area contributed by atoms with E-state index in [1.165, 1.54) is 43.7 Å². The fraction of sp³-hybridized carbons (Fsp3) is 0.588. The molecular formula is C17H25N5OS. The summed E-state index contributed by atoms with van der Waals surface area (Å²) >= 11 is 1.43. The van der Waals surface area contributed by atoms with Crippen LogP contribution in [0.15, 0.2) is 6.33 Å². The van der Waals surface area contributed by atoms with E-state index in [2.05, 4.69) is 25.5 Å². The van der Waals surface area contributed by atoms with Crippen LogP contribution < -0.4 is 10.6 Å². The zero-order valence-corrected chi connectivity index (χ0v) is 15.2. The minimum absolute atomic E-state index is 0.0303. The molecule has 3 heterocycles. The number of aryl methyl sites for hydroxylation is 1. The maximum Gasteiger partial charge on any atom is 0.261 e. The molecule has 0 bridgehead atoms. The molecule has 2 aromatic rings. The molecule has 1 saturated heterocycles. The van der Waals surface area contributed by atoms with Crippen LogP contribution in [0.5, 0.6) is 0 Å². The van der Waals surface area contributed by atoms with Gasteiger partial charge in [0.15, 0.2) is 0 Å². The summed E-state index contributed by atoms with van der Waals surface area (Å²) in [6.07, 6.45) is 5.53. The topological polar surface area (TPSA) is 70.1 Å². The first kappa shape index (κ1) is 17.1. The minimum atomic E-state index is -0.0303. The van der Waals surface area contributed by atoms with Gasteiger partial charge in [-0.3, -0.25) is 4.79 Å². The van der Waals surface area contributed by atoms with Gasteiger partial charge in [0.05, 0.1) is 10.3 Å². The number of thiophene rings is 1. The summed E-state index contributed by atoms with van der Waals surface area (Å²) in [4.78, 5) is 25.0. The predicted octanol–water partition coefficient (Wildman–Crippen LogP) is 2.65. The number of carbonyl (C=O) groups excluding carboxylic acids is 1. The summed E-state index contributed by atoms with van der Waals surface area (Å²) in [5, 5.41) is 7.28. The van der Waals surface area contributed by atoms with Crippen molar-refractivity contribution in [1.29, 1.82) is 0 Å². The molecule has 130 valence electrons. The van der Waals surface area contributed by atoms with E-state index >= 15 is 0 Å². The van der Waals surface area contributed by atoms with Crippen molar-refractivity contribution in [3.63, 3.8) is 0 Å². The molecule has 1 aliphatic heterocycles. The summed E-state index contributed by atoms with van der Waals surface area (Å²) in [6.45, 7) is 8.80. The van der Waals surface area contributed by atoms with Crippen molar-refractivity contribution in [1.82, 2.24) is 20.2 Å². The number of hydrogen-bond donors (Lipinski definition) is 2. The Morgan fingerprint density at radius 1 is 1.29 bits per heavy atom. The van der Waals surface area contributed by atoms with Crippen LogP contribution in [0.2, 0.25) is 0 Å². The lowest BCUT2D eigenvalue weighted by Gasteiger charge is -2.26. The lowest BCUT2D eigenvalue weighted by Crippen LogP contribution is -2.33. The van der Waals surface area contributed by atoms with Gasteiger partial charge in [-0.25, -0.2) is 9.97 Å². The van der Waals surface area contributed by atoms with E-state index < -0.39 is 0 Å². The quantitative estimate of drug-likeness (QED) is 0.841. The zero-order valence-electron chi connectivity index (χ0n) is 14.4. The van der Waals surface area contributed by atoms with Crippen molar-refractivity contribution in [3.8, 4) is 0 Å². The van der Waals surface area contributed by atoms with Gasteiger partial charge in [0.25, 0.3) is 5.91 Å². The Morgan fingerprint density at radius 2 is 2.08 bits per heavy atom. The molecule has 2 aromatic heterocycles. The Hall–Kier alpha value is -1.73. The van der Waals surface area contributed by atoms with Gasteiger partial charge in [-0.15, -0.1) is 11.3 Å². The van der Waals surface area contributed by atoms with Crippen molar-refractivity contribution in [2.75, 3.05) is 38.0 Å². The first-order valence-corrected chi connectivity index (χ1v) is 9.51. The van der Waals surface area contributed by atoms with E-state index in [4.69, 9.17) is 0 Å². The molecule has 0 atom stereocenters. The number of nitrogens with zero attached hydrogens (tertiary/aromatic N) is 3. The first-order valence-electron chi connectivity index (χ1n) is 8.69. The van der Waals surface area contributed by atoms with Crippen molar-refractivity contribution in [2.24, 2.45) is 0 Å². The van der Waals surface area contributed by atoms with Crippen LogP contribution in [0.3, 0.4) is 0 Å².